The first-order valence-electron chi connectivity index (χ1n) is 12.4. The predicted molar refractivity (Wildman–Crippen MR) is 144 cm³/mol. The van der Waals surface area contributed by atoms with Crippen molar-refractivity contribution >= 4 is 27.3 Å². The number of anilines is 2. The third-order valence-corrected chi connectivity index (χ3v) is 9.08. The number of sulfonamides is 1. The van der Waals surface area contributed by atoms with Gasteiger partial charge in [0.05, 0.1) is 16.9 Å². The number of nitrogens with zero attached hydrogens (tertiary/aromatic N) is 4. The Labute approximate surface area is 218 Å². The molecule has 1 aliphatic heterocycles. The zero-order valence-electron chi connectivity index (χ0n) is 21.8. The number of aromatic nitrogens is 2. The maximum atomic E-state index is 13.0. The molecular formula is C27H35N5O4S. The summed E-state index contributed by atoms with van der Waals surface area (Å²) in [6.45, 7) is 5.23. The van der Waals surface area contributed by atoms with Gasteiger partial charge in [0.2, 0.25) is 15.9 Å². The molecule has 4 rings (SSSR count). The summed E-state index contributed by atoms with van der Waals surface area (Å²) in [5, 5.41) is 12.6. The molecule has 0 atom stereocenters. The smallest absolute Gasteiger partial charge is 0.243 e. The number of rotatable bonds is 8. The molecule has 0 saturated carbocycles. The number of nitrogens with one attached hydrogen (secondary N) is 1. The van der Waals surface area contributed by atoms with Crippen LogP contribution in [-0.4, -0.2) is 60.0 Å². The normalized spacial score (nSPS) is 14.8. The summed E-state index contributed by atoms with van der Waals surface area (Å²) < 4.78 is 29.3. The van der Waals surface area contributed by atoms with Crippen molar-refractivity contribution in [1.29, 1.82) is 0 Å². The van der Waals surface area contributed by atoms with Crippen LogP contribution in [-0.2, 0) is 21.9 Å². The highest BCUT2D eigenvalue weighted by molar-refractivity contribution is 7.89. The molecule has 37 heavy (non-hydrogen) atoms. The van der Waals surface area contributed by atoms with Crippen LogP contribution in [0.3, 0.4) is 0 Å². The first kappa shape index (κ1) is 26.7. The molecule has 1 saturated heterocycles. The van der Waals surface area contributed by atoms with Gasteiger partial charge >= 0.3 is 0 Å². The van der Waals surface area contributed by atoms with Gasteiger partial charge in [0.25, 0.3) is 0 Å². The molecule has 1 aliphatic rings. The van der Waals surface area contributed by atoms with E-state index in [0.29, 0.717) is 22.7 Å². The zero-order valence-corrected chi connectivity index (χ0v) is 22.6. The molecule has 10 heteroatoms. The van der Waals surface area contributed by atoms with E-state index in [9.17, 15) is 18.3 Å². The first-order chi connectivity index (χ1) is 17.5. The monoisotopic (exact) mass is 525 g/mol. The van der Waals surface area contributed by atoms with Gasteiger partial charge < -0.3 is 19.9 Å². The molecule has 0 aliphatic carbocycles. The number of amides is 1. The van der Waals surface area contributed by atoms with Crippen molar-refractivity contribution in [2.24, 2.45) is 7.05 Å². The fourth-order valence-corrected chi connectivity index (χ4v) is 6.50. The van der Waals surface area contributed by atoms with E-state index in [1.165, 1.54) is 23.5 Å². The Kier molecular flexibility index (Phi) is 7.89. The van der Waals surface area contributed by atoms with Crippen LogP contribution in [0.2, 0.25) is 0 Å². The molecule has 0 radical (unpaired) electrons. The minimum absolute atomic E-state index is 0.0225. The summed E-state index contributed by atoms with van der Waals surface area (Å²) in [6, 6.07) is 10.6. The van der Waals surface area contributed by atoms with Crippen molar-refractivity contribution in [2.75, 3.05) is 36.9 Å². The van der Waals surface area contributed by atoms with E-state index < -0.39 is 10.0 Å². The molecule has 1 aromatic heterocycles. The lowest BCUT2D eigenvalue weighted by molar-refractivity contribution is -0.116. The highest BCUT2D eigenvalue weighted by Crippen LogP contribution is 2.30. The number of carbonyl (C=O) groups excluding carboxylic acids is 1. The SMILES string of the molecule is Cc1cc(O)cc(C)c1S(=O)(=O)N(C)CCC(=O)Nc1ccc(N2CCC(c3cn(C)cn3)CC2)cc1. The van der Waals surface area contributed by atoms with E-state index in [-0.39, 0.29) is 29.5 Å². The van der Waals surface area contributed by atoms with Crippen molar-refractivity contribution in [2.45, 2.75) is 43.9 Å². The Morgan fingerprint density at radius 3 is 2.32 bits per heavy atom. The Bertz CT molecular complexity index is 1340. The number of carbonyl (C=O) groups is 1. The molecule has 2 heterocycles. The van der Waals surface area contributed by atoms with Gasteiger partial charge in [-0.15, -0.1) is 0 Å². The number of hydrogen-bond donors (Lipinski definition) is 2. The van der Waals surface area contributed by atoms with Crippen molar-refractivity contribution < 1.29 is 18.3 Å². The molecule has 0 bridgehead atoms. The highest BCUT2D eigenvalue weighted by Gasteiger charge is 2.26. The standard InChI is InChI=1S/C27H35N5O4S/c1-19-15-24(33)16-20(2)27(19)37(35,36)31(4)12-11-26(34)29-22-5-7-23(8-6-22)32-13-9-21(10-14-32)25-17-30(3)18-28-25/h5-8,15-18,21,33H,9-14H2,1-4H3,(H,29,34). The van der Waals surface area contributed by atoms with Crippen LogP contribution >= 0.6 is 0 Å². The van der Waals surface area contributed by atoms with Crippen LogP contribution in [0, 0.1) is 13.8 Å². The highest BCUT2D eigenvalue weighted by atomic mass is 32.2. The minimum Gasteiger partial charge on any atom is -0.508 e. The third-order valence-electron chi connectivity index (χ3n) is 6.92. The Hall–Kier alpha value is -3.37. The summed E-state index contributed by atoms with van der Waals surface area (Å²) in [7, 11) is -0.343. The van der Waals surface area contributed by atoms with Crippen LogP contribution in [0.25, 0.3) is 0 Å². The van der Waals surface area contributed by atoms with E-state index in [1.807, 2.05) is 42.2 Å². The molecule has 1 fully saturated rings. The maximum absolute atomic E-state index is 13.0. The van der Waals surface area contributed by atoms with Gasteiger partial charge in [-0.1, -0.05) is 0 Å². The number of piperidine rings is 1. The van der Waals surface area contributed by atoms with Gasteiger partial charge in [-0.05, 0) is 74.2 Å². The van der Waals surface area contributed by atoms with Gasteiger partial charge in [0.1, 0.15) is 5.75 Å². The Balaban J connectivity index is 1.28. The molecule has 198 valence electrons. The summed E-state index contributed by atoms with van der Waals surface area (Å²) in [5.74, 6) is 0.251. The largest absolute Gasteiger partial charge is 0.508 e. The number of benzene rings is 2. The van der Waals surface area contributed by atoms with E-state index >= 15 is 0 Å². The van der Waals surface area contributed by atoms with Crippen LogP contribution in [0.5, 0.6) is 5.75 Å². The van der Waals surface area contributed by atoms with E-state index in [4.69, 9.17) is 0 Å². The zero-order chi connectivity index (χ0) is 26.7. The second-order valence-corrected chi connectivity index (χ2v) is 11.8. The van der Waals surface area contributed by atoms with Crippen molar-refractivity contribution in [1.82, 2.24) is 13.9 Å². The molecular weight excluding hydrogens is 490 g/mol. The summed E-state index contributed by atoms with van der Waals surface area (Å²) in [4.78, 5) is 19.5. The van der Waals surface area contributed by atoms with Crippen molar-refractivity contribution in [3.05, 3.63) is 65.7 Å². The molecule has 0 spiro atoms. The van der Waals surface area contributed by atoms with E-state index in [1.54, 1.807) is 13.8 Å². The number of phenolic OH excluding ortho intramolecular Hbond substituents is 1. The number of aromatic hydroxyl groups is 1. The first-order valence-corrected chi connectivity index (χ1v) is 13.9. The fraction of sp³-hybridized carbons (Fsp3) is 0.407. The molecule has 9 nitrogen and oxygen atoms in total. The quantitative estimate of drug-likeness (QED) is 0.464. The van der Waals surface area contributed by atoms with Crippen molar-refractivity contribution in [3.8, 4) is 5.75 Å². The second-order valence-electron chi connectivity index (χ2n) is 9.81. The average Bonchev–Trinajstić information content (AvgIpc) is 3.28. The molecule has 0 unspecified atom stereocenters. The van der Waals surface area contributed by atoms with Gasteiger partial charge in [0, 0.05) is 63.6 Å². The topological polar surface area (TPSA) is 108 Å². The molecule has 3 aromatic rings. The van der Waals surface area contributed by atoms with Crippen LogP contribution in [0.15, 0.2) is 53.8 Å². The van der Waals surface area contributed by atoms with E-state index in [2.05, 4.69) is 21.4 Å². The minimum atomic E-state index is -3.79. The second kappa shape index (κ2) is 10.9. The predicted octanol–water partition coefficient (Wildman–Crippen LogP) is 3.78. The number of aryl methyl sites for hydroxylation is 3. The van der Waals surface area contributed by atoms with Crippen molar-refractivity contribution in [3.63, 3.8) is 0 Å². The van der Waals surface area contributed by atoms with Crippen LogP contribution < -0.4 is 10.2 Å². The summed E-state index contributed by atoms with van der Waals surface area (Å²) in [6.07, 6.45) is 6.07. The lowest BCUT2D eigenvalue weighted by Crippen LogP contribution is -2.33. The molecule has 2 N–H and O–H groups in total. The van der Waals surface area contributed by atoms with Gasteiger partial charge in [-0.25, -0.2) is 17.7 Å². The number of hydrogen-bond acceptors (Lipinski definition) is 6. The van der Waals surface area contributed by atoms with Gasteiger partial charge in [-0.3, -0.25) is 4.79 Å². The van der Waals surface area contributed by atoms with Crippen LogP contribution in [0.4, 0.5) is 11.4 Å². The van der Waals surface area contributed by atoms with Crippen LogP contribution in [0.1, 0.15) is 42.0 Å². The third kappa shape index (κ3) is 6.14. The fourth-order valence-electron chi connectivity index (χ4n) is 4.93. The van der Waals surface area contributed by atoms with E-state index in [0.717, 1.165) is 37.3 Å². The Morgan fingerprint density at radius 2 is 1.76 bits per heavy atom. The average molecular weight is 526 g/mol. The lowest BCUT2D eigenvalue weighted by Gasteiger charge is -2.33. The Morgan fingerprint density at radius 1 is 1.14 bits per heavy atom. The molecule has 1 amide bonds. The van der Waals surface area contributed by atoms with Gasteiger partial charge in [0.15, 0.2) is 0 Å². The lowest BCUT2D eigenvalue weighted by atomic mass is 9.94. The molecule has 2 aromatic carbocycles. The summed E-state index contributed by atoms with van der Waals surface area (Å²) >= 11 is 0. The number of imidazole rings is 1. The summed E-state index contributed by atoms with van der Waals surface area (Å²) in [5.41, 5.74) is 3.88. The maximum Gasteiger partial charge on any atom is 0.243 e. The number of phenols is 1. The van der Waals surface area contributed by atoms with Gasteiger partial charge in [-0.2, -0.15) is 0 Å².